The average Bonchev–Trinajstić information content (AvgIpc) is 3.38. The Morgan fingerprint density at radius 2 is 2.02 bits per heavy atom. The lowest BCUT2D eigenvalue weighted by molar-refractivity contribution is -0.00829. The third-order valence-corrected chi connectivity index (χ3v) is 9.46. The predicted molar refractivity (Wildman–Crippen MR) is 177 cm³/mol. The Labute approximate surface area is 265 Å². The summed E-state index contributed by atoms with van der Waals surface area (Å²) in [7, 11) is 2.02. The van der Waals surface area contributed by atoms with Crippen LogP contribution in [0.5, 0.6) is 0 Å². The third-order valence-electron chi connectivity index (χ3n) is 8.43. The highest BCUT2D eigenvalue weighted by molar-refractivity contribution is 8.13. The molecular formula is C32H39ClFN7O2S. The first-order valence-corrected chi connectivity index (χ1v) is 16.2. The van der Waals surface area contributed by atoms with Crippen molar-refractivity contribution < 1.29 is 9.50 Å². The van der Waals surface area contributed by atoms with Crippen LogP contribution in [0.25, 0.3) is 28.0 Å². The Morgan fingerprint density at radius 3 is 2.73 bits per heavy atom. The molecule has 4 aromatic rings. The van der Waals surface area contributed by atoms with Crippen LogP contribution in [-0.4, -0.2) is 60.7 Å². The largest absolute Gasteiger partial charge is 0.391 e. The van der Waals surface area contributed by atoms with E-state index >= 15 is 4.39 Å². The molecule has 0 bridgehead atoms. The van der Waals surface area contributed by atoms with E-state index in [0.717, 1.165) is 43.2 Å². The number of nitrogens with two attached hydrogens (primary N) is 2. The molecule has 1 aliphatic heterocycles. The smallest absolute Gasteiger partial charge is 0.354 e. The number of benzene rings is 2. The van der Waals surface area contributed by atoms with E-state index in [1.165, 1.54) is 16.3 Å². The number of hydrogen-bond acceptors (Lipinski definition) is 7. The first-order valence-electron chi connectivity index (χ1n) is 14.8. The van der Waals surface area contributed by atoms with Crippen molar-refractivity contribution in [1.82, 2.24) is 19.4 Å². The van der Waals surface area contributed by atoms with Crippen molar-refractivity contribution in [2.75, 3.05) is 12.8 Å². The Balaban J connectivity index is 1.37. The number of likely N-dealkylation sites (tertiary alicyclic amines) is 1. The van der Waals surface area contributed by atoms with E-state index in [2.05, 4.69) is 14.9 Å². The monoisotopic (exact) mass is 639 g/mol. The molecule has 2 aromatic heterocycles. The number of halogens is 2. The molecule has 3 heterocycles. The molecule has 44 heavy (non-hydrogen) atoms. The number of rotatable bonds is 10. The molecule has 4 atom stereocenters. The summed E-state index contributed by atoms with van der Waals surface area (Å²) < 4.78 is 16.6. The number of likely N-dealkylation sites (N-methyl/N-ethyl adjacent to an activating group) is 1. The highest BCUT2D eigenvalue weighted by atomic mass is 35.5. The molecule has 1 aliphatic rings. The summed E-state index contributed by atoms with van der Waals surface area (Å²) in [5.74, 6) is 0.144. The second-order valence-corrected chi connectivity index (χ2v) is 13.2. The normalized spacial score (nSPS) is 19.8. The molecule has 0 amide bonds. The Morgan fingerprint density at radius 1 is 1.27 bits per heavy atom. The standard InChI is InChI=1S/C32H39ClFN7O2S/c1-18(35)4-3-5-19-14-23(29(34)24(33)15-19)25-16-21-17-41(32(43)39-30(21)38-25)22-8-6-20(7-9-22)26-10-11-28(42)27(40(26)2)12-13-44-31(36)37/h6-9,14-18,26-28,42H,3-5,10-13,35H2,1-2H3,(H3,36,37)(H,38,39,43)/t18-,26-,27?,28+/m0/s1. The molecule has 5 rings (SSSR count). The zero-order chi connectivity index (χ0) is 31.5. The maximum absolute atomic E-state index is 15.1. The van der Waals surface area contributed by atoms with Gasteiger partial charge in [0.25, 0.3) is 0 Å². The predicted octanol–water partition coefficient (Wildman–Crippen LogP) is 5.36. The van der Waals surface area contributed by atoms with Gasteiger partial charge in [0.05, 0.1) is 22.5 Å². The van der Waals surface area contributed by atoms with Gasteiger partial charge in [-0.3, -0.25) is 14.9 Å². The molecule has 234 valence electrons. The lowest BCUT2D eigenvalue weighted by atomic mass is 9.88. The Hall–Kier alpha value is -3.22. The van der Waals surface area contributed by atoms with Crippen molar-refractivity contribution in [3.05, 3.63) is 81.1 Å². The van der Waals surface area contributed by atoms with Crippen LogP contribution in [-0.2, 0) is 6.42 Å². The maximum atomic E-state index is 15.1. The van der Waals surface area contributed by atoms with Crippen molar-refractivity contribution in [1.29, 1.82) is 5.41 Å². The number of amidine groups is 1. The fourth-order valence-electron chi connectivity index (χ4n) is 6.11. The number of piperidine rings is 1. The summed E-state index contributed by atoms with van der Waals surface area (Å²) >= 11 is 7.54. The van der Waals surface area contributed by atoms with Crippen LogP contribution < -0.4 is 17.2 Å². The molecule has 2 aromatic carbocycles. The van der Waals surface area contributed by atoms with E-state index in [4.69, 9.17) is 28.5 Å². The van der Waals surface area contributed by atoms with Gasteiger partial charge in [-0.2, -0.15) is 4.98 Å². The summed E-state index contributed by atoms with van der Waals surface area (Å²) in [5, 5.41) is 18.9. The van der Waals surface area contributed by atoms with E-state index in [0.29, 0.717) is 40.2 Å². The summed E-state index contributed by atoms with van der Waals surface area (Å²) in [6.45, 7) is 1.96. The number of fused-ring (bicyclic) bond motifs is 1. The number of aromatic amines is 1. The van der Waals surface area contributed by atoms with Crippen LogP contribution in [0, 0.1) is 11.2 Å². The van der Waals surface area contributed by atoms with Crippen LogP contribution >= 0.6 is 23.4 Å². The SMILES string of the molecule is C[C@H](N)CCCc1cc(Cl)c(F)c(-c2cc3cn(-c4ccc([C@@H]5CC[C@@H](O)C(CCSC(=N)N)N5C)cc4)c(=O)nc3[nH]2)c1. The summed E-state index contributed by atoms with van der Waals surface area (Å²) in [5.41, 5.74) is 14.8. The molecule has 1 unspecified atom stereocenters. The van der Waals surface area contributed by atoms with Gasteiger partial charge in [-0.05, 0) is 94.0 Å². The second-order valence-electron chi connectivity index (χ2n) is 11.7. The van der Waals surface area contributed by atoms with Gasteiger partial charge in [0, 0.05) is 41.0 Å². The van der Waals surface area contributed by atoms with Crippen molar-refractivity contribution in [3.63, 3.8) is 0 Å². The fourth-order valence-corrected chi connectivity index (χ4v) is 6.93. The molecule has 1 fully saturated rings. The van der Waals surface area contributed by atoms with E-state index in [9.17, 15) is 9.90 Å². The molecule has 1 saturated heterocycles. The van der Waals surface area contributed by atoms with Gasteiger partial charge in [-0.15, -0.1) is 0 Å². The molecule has 0 aliphatic carbocycles. The molecule has 0 saturated carbocycles. The van der Waals surface area contributed by atoms with E-state index < -0.39 is 17.6 Å². The van der Waals surface area contributed by atoms with Crippen LogP contribution in [0.2, 0.25) is 5.02 Å². The molecule has 7 N–H and O–H groups in total. The van der Waals surface area contributed by atoms with Crippen LogP contribution in [0.3, 0.4) is 0 Å². The third kappa shape index (κ3) is 7.18. The van der Waals surface area contributed by atoms with Crippen LogP contribution in [0.4, 0.5) is 4.39 Å². The van der Waals surface area contributed by atoms with E-state index in [1.807, 2.05) is 38.2 Å². The van der Waals surface area contributed by atoms with Gasteiger partial charge in [-0.1, -0.05) is 35.5 Å². The van der Waals surface area contributed by atoms with E-state index in [-0.39, 0.29) is 28.3 Å². The van der Waals surface area contributed by atoms with Gasteiger partial charge >= 0.3 is 5.69 Å². The zero-order valence-corrected chi connectivity index (χ0v) is 26.5. The summed E-state index contributed by atoms with van der Waals surface area (Å²) in [6, 6.07) is 13.2. The number of nitrogens with one attached hydrogen (secondary N) is 2. The minimum atomic E-state index is -0.528. The van der Waals surface area contributed by atoms with Crippen molar-refractivity contribution in [2.24, 2.45) is 11.5 Å². The van der Waals surface area contributed by atoms with Gasteiger partial charge in [0.2, 0.25) is 0 Å². The lowest BCUT2D eigenvalue weighted by Crippen LogP contribution is -2.47. The summed E-state index contributed by atoms with van der Waals surface area (Å²) in [4.78, 5) is 22.6. The van der Waals surface area contributed by atoms with Gasteiger partial charge in [-0.25, -0.2) is 9.18 Å². The number of aliphatic hydroxyl groups is 1. The molecule has 0 spiro atoms. The number of aryl methyl sites for hydroxylation is 1. The minimum Gasteiger partial charge on any atom is -0.391 e. The number of aromatic nitrogens is 3. The number of aliphatic hydroxyl groups excluding tert-OH is 1. The zero-order valence-electron chi connectivity index (χ0n) is 24.9. The maximum Gasteiger partial charge on any atom is 0.354 e. The highest BCUT2D eigenvalue weighted by Gasteiger charge is 2.34. The van der Waals surface area contributed by atoms with Gasteiger partial charge in [0.15, 0.2) is 11.0 Å². The van der Waals surface area contributed by atoms with Gasteiger partial charge < -0.3 is 21.6 Å². The average molecular weight is 640 g/mol. The first kappa shape index (κ1) is 32.2. The number of H-pyrrole nitrogens is 1. The lowest BCUT2D eigenvalue weighted by Gasteiger charge is -2.43. The molecule has 0 radical (unpaired) electrons. The van der Waals surface area contributed by atoms with Crippen molar-refractivity contribution in [2.45, 2.75) is 69.7 Å². The Kier molecular flexibility index (Phi) is 10.1. The molecule has 12 heteroatoms. The van der Waals surface area contributed by atoms with Crippen molar-refractivity contribution in [3.8, 4) is 16.9 Å². The topological polar surface area (TPSA) is 150 Å². The minimum absolute atomic E-state index is 0.0349. The Bertz CT molecular complexity index is 1690. The number of thioether (sulfide) groups is 1. The van der Waals surface area contributed by atoms with Gasteiger partial charge in [0.1, 0.15) is 5.65 Å². The van der Waals surface area contributed by atoms with Crippen LogP contribution in [0.15, 0.2) is 53.5 Å². The second kappa shape index (κ2) is 13.8. The first-order chi connectivity index (χ1) is 21.0. The molecular weight excluding hydrogens is 601 g/mol. The number of hydrogen-bond donors (Lipinski definition) is 5. The number of nitrogens with zero attached hydrogens (tertiary/aromatic N) is 3. The quantitative estimate of drug-likeness (QED) is 0.116. The van der Waals surface area contributed by atoms with Crippen molar-refractivity contribution >= 4 is 39.6 Å². The fraction of sp³-hybridized carbons (Fsp3) is 0.406. The highest BCUT2D eigenvalue weighted by Crippen LogP contribution is 2.35. The summed E-state index contributed by atoms with van der Waals surface area (Å²) in [6.07, 6.45) is 5.94. The van der Waals surface area contributed by atoms with Crippen LogP contribution in [0.1, 0.15) is 56.2 Å². The van der Waals surface area contributed by atoms with E-state index in [1.54, 1.807) is 24.4 Å². The molecule has 9 nitrogen and oxygen atoms in total.